The van der Waals surface area contributed by atoms with Gasteiger partial charge in [0.25, 0.3) is 0 Å². The molecule has 8 aromatic carbocycles. The predicted molar refractivity (Wildman–Crippen MR) is 217 cm³/mol. The van der Waals surface area contributed by atoms with Crippen LogP contribution in [0.4, 0.5) is 0 Å². The monoisotopic (exact) mass is 815 g/mol. The number of rotatable bonds is 7. The molecule has 0 N–H and O–H groups in total. The van der Waals surface area contributed by atoms with Crippen molar-refractivity contribution in [1.29, 1.82) is 0 Å². The van der Waals surface area contributed by atoms with Gasteiger partial charge in [-0.15, -0.1) is 33.7 Å². The quantitative estimate of drug-likeness (QED) is 0.143. The van der Waals surface area contributed by atoms with E-state index < -0.39 is 0 Å². The first-order valence-corrected chi connectivity index (χ1v) is 18.7. The number of allylic oxidation sites excluding steroid dienone is 1. The maximum atomic E-state index is 2.49. The third kappa shape index (κ3) is 8.64. The van der Waals surface area contributed by atoms with E-state index in [0.29, 0.717) is 5.92 Å². The molecule has 0 amide bonds. The van der Waals surface area contributed by atoms with E-state index in [0.717, 1.165) is 22.4 Å². The Bertz CT molecular complexity index is 2360. The van der Waals surface area contributed by atoms with Crippen molar-refractivity contribution in [2.24, 2.45) is 0 Å². The van der Waals surface area contributed by atoms with Crippen molar-refractivity contribution < 1.29 is 51.0 Å². The summed E-state index contributed by atoms with van der Waals surface area (Å²) in [5.41, 5.74) is 10.9. The van der Waals surface area contributed by atoms with Crippen LogP contribution >= 0.6 is 0 Å². The van der Waals surface area contributed by atoms with Crippen molar-refractivity contribution in [1.82, 2.24) is 0 Å². The van der Waals surface area contributed by atoms with Crippen molar-refractivity contribution in [3.8, 4) is 22.3 Å². The van der Waals surface area contributed by atoms with Gasteiger partial charge < -0.3 is 24.8 Å². The molecule has 8 aromatic rings. The minimum Gasteiger partial charge on any atom is -1.00 e. The molecule has 0 nitrogen and oxygen atoms in total. The standard InChI is InChI=1S/C37H29.C12H10Si.2ClH.Zr/c1-2-10-29-24-35-30(27-21-19-26(20-22-27)25-11-4-3-5-12-25)15-8-17-33(35)37(29)34-18-9-16-32-31-14-7-6-13-28(31)23-36(32)34;1-3-7-11(8-4-1)13-12-9-5-2-6-10-12;;;/h3-9,11-24,37H,2,10H2,1H3;1-10H;2*1H;/q-1;;;;+3/p-2. The zero-order valence-electron chi connectivity index (χ0n) is 29.6. The fourth-order valence-corrected chi connectivity index (χ4v) is 8.58. The fourth-order valence-electron chi connectivity index (χ4n) is 7.53. The van der Waals surface area contributed by atoms with Gasteiger partial charge in [-0.3, -0.25) is 0 Å². The normalized spacial score (nSPS) is 12.7. The molecular formula is C49H39Cl2SiZr. The zero-order valence-corrected chi connectivity index (χ0v) is 34.6. The second-order valence-electron chi connectivity index (χ2n) is 13.1. The van der Waals surface area contributed by atoms with Crippen LogP contribution in [0.2, 0.25) is 0 Å². The van der Waals surface area contributed by atoms with Crippen molar-refractivity contribution in [2.75, 3.05) is 0 Å². The van der Waals surface area contributed by atoms with E-state index in [1.54, 1.807) is 0 Å². The molecule has 0 spiro atoms. The van der Waals surface area contributed by atoms with Gasteiger partial charge in [0.15, 0.2) is 0 Å². The summed E-state index contributed by atoms with van der Waals surface area (Å²) in [7, 11) is 0.777. The Morgan fingerprint density at radius 2 is 1.04 bits per heavy atom. The molecule has 3 radical (unpaired) electrons. The first-order valence-electron chi connectivity index (χ1n) is 17.7. The average Bonchev–Trinajstić information content (AvgIpc) is 3.75. The van der Waals surface area contributed by atoms with Gasteiger partial charge in [0.2, 0.25) is 0 Å². The summed E-state index contributed by atoms with van der Waals surface area (Å²) in [6.45, 7) is 2.29. The number of benzene rings is 7. The van der Waals surface area contributed by atoms with Gasteiger partial charge in [0.05, 0.1) is 0 Å². The second-order valence-corrected chi connectivity index (χ2v) is 14.5. The fraction of sp³-hybridized carbons (Fsp3) is 0.0816. The van der Waals surface area contributed by atoms with Crippen LogP contribution in [0.5, 0.6) is 0 Å². The Morgan fingerprint density at radius 3 is 1.70 bits per heavy atom. The molecule has 0 fully saturated rings. The van der Waals surface area contributed by atoms with Crippen LogP contribution in [0.1, 0.15) is 42.4 Å². The Labute approximate surface area is 348 Å². The van der Waals surface area contributed by atoms with Crippen molar-refractivity contribution in [3.63, 3.8) is 0 Å². The third-order valence-electron chi connectivity index (χ3n) is 9.83. The Morgan fingerprint density at radius 1 is 0.509 bits per heavy atom. The van der Waals surface area contributed by atoms with Gasteiger partial charge in [-0.05, 0) is 39.8 Å². The summed E-state index contributed by atoms with van der Waals surface area (Å²) in [6, 6.07) is 65.8. The molecule has 53 heavy (non-hydrogen) atoms. The molecule has 0 saturated heterocycles. The number of fused-ring (bicyclic) bond motifs is 4. The molecule has 1 aliphatic rings. The maximum Gasteiger partial charge on any atom is 3.00 e. The zero-order chi connectivity index (χ0) is 33.7. The smallest absolute Gasteiger partial charge is 1.00 e. The van der Waals surface area contributed by atoms with E-state index in [1.165, 1.54) is 76.4 Å². The molecule has 0 aliphatic heterocycles. The second kappa shape index (κ2) is 18.7. The molecule has 1 unspecified atom stereocenters. The number of halogens is 2. The van der Waals surface area contributed by atoms with E-state index in [4.69, 9.17) is 0 Å². The molecule has 0 saturated carbocycles. The maximum absolute atomic E-state index is 2.49. The first-order chi connectivity index (χ1) is 24.8. The van der Waals surface area contributed by atoms with Crippen LogP contribution < -0.4 is 35.2 Å². The van der Waals surface area contributed by atoms with Crippen LogP contribution in [0.3, 0.4) is 0 Å². The van der Waals surface area contributed by atoms with Crippen molar-refractivity contribution in [3.05, 3.63) is 204 Å². The van der Waals surface area contributed by atoms with Gasteiger partial charge in [-0.25, -0.2) is 0 Å². The minimum atomic E-state index is 0. The molecule has 0 heterocycles. The molecule has 1 aliphatic carbocycles. The third-order valence-corrected chi connectivity index (χ3v) is 11.1. The SMILES string of the molecule is CCCC1=Cc2c(-c3ccc(-c4ccccc4)cc3)cccc2C1c1cccc2c1[cH-]c1ccccc12.[Cl-].[Cl-].[Zr+3].c1ccc([Si]c2ccccc2)cc1. The Kier molecular flexibility index (Phi) is 14.1. The van der Waals surface area contributed by atoms with E-state index in [1.807, 2.05) is 0 Å². The molecule has 4 heteroatoms. The van der Waals surface area contributed by atoms with Gasteiger partial charge in [0.1, 0.15) is 9.52 Å². The van der Waals surface area contributed by atoms with Gasteiger partial charge >= 0.3 is 26.2 Å². The molecular weight excluding hydrogens is 779 g/mol. The predicted octanol–water partition coefficient (Wildman–Crippen LogP) is 5.72. The van der Waals surface area contributed by atoms with Crippen LogP contribution in [-0.2, 0) is 26.2 Å². The summed E-state index contributed by atoms with van der Waals surface area (Å²) in [6.07, 6.45) is 4.75. The average molecular weight is 818 g/mol. The molecule has 9 rings (SSSR count). The van der Waals surface area contributed by atoms with E-state index in [9.17, 15) is 0 Å². The topological polar surface area (TPSA) is 0 Å². The van der Waals surface area contributed by atoms with Gasteiger partial charge in [-0.2, -0.15) is 0 Å². The van der Waals surface area contributed by atoms with E-state index in [2.05, 4.69) is 195 Å². The number of hydrogen-bond acceptors (Lipinski definition) is 0. The summed E-state index contributed by atoms with van der Waals surface area (Å²) >= 11 is 0. The summed E-state index contributed by atoms with van der Waals surface area (Å²) in [4.78, 5) is 0. The molecule has 0 bridgehead atoms. The van der Waals surface area contributed by atoms with Crippen LogP contribution in [-0.4, -0.2) is 9.52 Å². The van der Waals surface area contributed by atoms with Crippen molar-refractivity contribution >= 4 is 47.5 Å². The summed E-state index contributed by atoms with van der Waals surface area (Å²) < 4.78 is 0. The van der Waals surface area contributed by atoms with Crippen LogP contribution in [0.25, 0.3) is 49.9 Å². The summed E-state index contributed by atoms with van der Waals surface area (Å²) in [5, 5.41) is 8.23. The molecule has 0 aromatic heterocycles. The first kappa shape index (κ1) is 40.0. The van der Waals surface area contributed by atoms with E-state index >= 15 is 0 Å². The minimum absolute atomic E-state index is 0. The van der Waals surface area contributed by atoms with Crippen LogP contribution in [0, 0.1) is 0 Å². The molecule has 257 valence electrons. The summed E-state index contributed by atoms with van der Waals surface area (Å²) in [5.74, 6) is 0.305. The van der Waals surface area contributed by atoms with Gasteiger partial charge in [-0.1, -0.05) is 211 Å². The van der Waals surface area contributed by atoms with Crippen molar-refractivity contribution in [2.45, 2.75) is 25.7 Å². The van der Waals surface area contributed by atoms with Gasteiger partial charge in [0, 0.05) is 5.92 Å². The van der Waals surface area contributed by atoms with Crippen LogP contribution in [0.15, 0.2) is 188 Å². The Balaban J connectivity index is 0.000000289. The van der Waals surface area contributed by atoms with E-state index in [-0.39, 0.29) is 51.0 Å². The number of hydrogen-bond donors (Lipinski definition) is 0. The Hall–Kier alpha value is -4.17. The largest absolute Gasteiger partial charge is 3.00 e. The molecule has 1 atom stereocenters.